The van der Waals surface area contributed by atoms with Crippen LogP contribution in [0.5, 0.6) is 0 Å². The van der Waals surface area contributed by atoms with Gasteiger partial charge in [0.15, 0.2) is 5.76 Å². The van der Waals surface area contributed by atoms with Crippen LogP contribution in [-0.4, -0.2) is 21.4 Å². The van der Waals surface area contributed by atoms with Gasteiger partial charge in [0.25, 0.3) is 11.1 Å². The van der Waals surface area contributed by atoms with Crippen molar-refractivity contribution < 1.29 is 13.6 Å². The summed E-state index contributed by atoms with van der Waals surface area (Å²) in [6, 6.07) is 11.9. The Hall–Kier alpha value is -2.54. The Bertz CT molecular complexity index is 891. The number of nitrogens with zero attached hydrogens (tertiary/aromatic N) is 2. The number of rotatable bonds is 5. The van der Waals surface area contributed by atoms with E-state index in [4.69, 9.17) is 8.83 Å². The van der Waals surface area contributed by atoms with E-state index in [-0.39, 0.29) is 17.2 Å². The first-order chi connectivity index (χ1) is 12.7. The van der Waals surface area contributed by atoms with Gasteiger partial charge in [-0.2, -0.15) is 0 Å². The maximum Gasteiger partial charge on any atom is 0.284 e. The van der Waals surface area contributed by atoms with Gasteiger partial charge in [-0.1, -0.05) is 36.0 Å². The summed E-state index contributed by atoms with van der Waals surface area (Å²) in [6.45, 7) is 1.84. The van der Waals surface area contributed by atoms with Crippen LogP contribution in [0.25, 0.3) is 11.7 Å². The average molecular weight is 369 g/mol. The largest absolute Gasteiger partial charge is 0.459 e. The number of benzene rings is 1. The standard InChI is InChI=1S/C19H19N3O3S/c1-12(26-19-22-21-18(25-19)16-10-5-11-24-16)17(23)20-15-9-4-7-13-6-2-3-8-14(13)15/h2-3,5-6,8,10-12,15H,4,7,9H2,1H3,(H,20,23)/t12-,15-/m1/s1. The van der Waals surface area contributed by atoms with Gasteiger partial charge in [-0.25, -0.2) is 0 Å². The highest BCUT2D eigenvalue weighted by Crippen LogP contribution is 2.31. The lowest BCUT2D eigenvalue weighted by molar-refractivity contribution is -0.121. The highest BCUT2D eigenvalue weighted by Gasteiger charge is 2.25. The SMILES string of the molecule is C[C@@H](Sc1nnc(-c2ccco2)o1)C(=O)N[C@@H]1CCCc2ccccc21. The summed E-state index contributed by atoms with van der Waals surface area (Å²) in [6.07, 6.45) is 4.66. The Morgan fingerprint density at radius 1 is 1.27 bits per heavy atom. The van der Waals surface area contributed by atoms with E-state index in [9.17, 15) is 4.79 Å². The van der Waals surface area contributed by atoms with Crippen molar-refractivity contribution in [1.29, 1.82) is 0 Å². The molecule has 3 aromatic rings. The zero-order valence-corrected chi connectivity index (χ0v) is 15.2. The quantitative estimate of drug-likeness (QED) is 0.685. The molecule has 7 heteroatoms. The second-order valence-corrected chi connectivity index (χ2v) is 7.55. The number of nitrogens with one attached hydrogen (secondary N) is 1. The molecule has 1 amide bonds. The number of aryl methyl sites for hydroxylation is 1. The molecule has 0 unspecified atom stereocenters. The minimum Gasteiger partial charge on any atom is -0.459 e. The molecule has 0 radical (unpaired) electrons. The molecule has 0 fully saturated rings. The molecule has 2 aromatic heterocycles. The van der Waals surface area contributed by atoms with Gasteiger partial charge in [0.05, 0.1) is 17.6 Å². The predicted octanol–water partition coefficient (Wildman–Crippen LogP) is 4.00. The first-order valence-electron chi connectivity index (χ1n) is 8.63. The highest BCUT2D eigenvalue weighted by molar-refractivity contribution is 8.00. The summed E-state index contributed by atoms with van der Waals surface area (Å²) in [5.41, 5.74) is 2.55. The van der Waals surface area contributed by atoms with Crippen LogP contribution in [0.4, 0.5) is 0 Å². The molecule has 2 heterocycles. The molecule has 4 rings (SSSR count). The fraction of sp³-hybridized carbons (Fsp3) is 0.316. The molecule has 0 spiro atoms. The molecule has 0 aliphatic heterocycles. The van der Waals surface area contributed by atoms with Crippen LogP contribution in [0.1, 0.15) is 36.9 Å². The summed E-state index contributed by atoms with van der Waals surface area (Å²) >= 11 is 1.25. The van der Waals surface area contributed by atoms with E-state index in [1.807, 2.05) is 19.1 Å². The lowest BCUT2D eigenvalue weighted by atomic mass is 9.88. The molecule has 26 heavy (non-hydrogen) atoms. The van der Waals surface area contributed by atoms with Crippen LogP contribution in [0, 0.1) is 0 Å². The zero-order valence-electron chi connectivity index (χ0n) is 14.3. The number of furan rings is 1. The van der Waals surface area contributed by atoms with Gasteiger partial charge in [-0.15, -0.1) is 10.2 Å². The maximum atomic E-state index is 12.6. The number of hydrogen-bond donors (Lipinski definition) is 1. The average Bonchev–Trinajstić information content (AvgIpc) is 3.33. The Labute approximate surface area is 155 Å². The number of carbonyl (C=O) groups excluding carboxylic acids is 1. The lowest BCUT2D eigenvalue weighted by Crippen LogP contribution is -2.35. The van der Waals surface area contributed by atoms with E-state index in [1.54, 1.807) is 18.4 Å². The van der Waals surface area contributed by atoms with Crippen LogP contribution in [0.15, 0.2) is 56.7 Å². The fourth-order valence-corrected chi connectivity index (χ4v) is 3.85. The van der Waals surface area contributed by atoms with Gasteiger partial charge < -0.3 is 14.2 Å². The van der Waals surface area contributed by atoms with Crippen LogP contribution in [0.3, 0.4) is 0 Å². The fourth-order valence-electron chi connectivity index (χ4n) is 3.15. The van der Waals surface area contributed by atoms with Crippen molar-refractivity contribution in [2.45, 2.75) is 42.7 Å². The number of fused-ring (bicyclic) bond motifs is 1. The third kappa shape index (κ3) is 3.53. The molecule has 0 bridgehead atoms. The van der Waals surface area contributed by atoms with Gasteiger partial charge in [-0.3, -0.25) is 4.79 Å². The summed E-state index contributed by atoms with van der Waals surface area (Å²) in [7, 11) is 0. The van der Waals surface area contributed by atoms with Crippen LogP contribution >= 0.6 is 11.8 Å². The van der Waals surface area contributed by atoms with E-state index in [2.05, 4.69) is 27.6 Å². The van der Waals surface area contributed by atoms with Gasteiger partial charge in [0.1, 0.15) is 0 Å². The van der Waals surface area contributed by atoms with E-state index < -0.39 is 0 Å². The molecular weight excluding hydrogens is 350 g/mol. The first kappa shape index (κ1) is 16.9. The van der Waals surface area contributed by atoms with Gasteiger partial charge in [0.2, 0.25) is 5.91 Å². The van der Waals surface area contributed by atoms with Crippen molar-refractivity contribution in [2.24, 2.45) is 0 Å². The summed E-state index contributed by atoms with van der Waals surface area (Å²) in [4.78, 5) is 12.6. The van der Waals surface area contributed by atoms with Crippen LogP contribution in [-0.2, 0) is 11.2 Å². The molecule has 1 aliphatic carbocycles. The number of carbonyl (C=O) groups is 1. The Kier molecular flexibility index (Phi) is 4.79. The normalized spacial score (nSPS) is 17.5. The molecule has 0 saturated heterocycles. The Morgan fingerprint density at radius 2 is 2.15 bits per heavy atom. The lowest BCUT2D eigenvalue weighted by Gasteiger charge is -2.27. The molecule has 0 saturated carbocycles. The van der Waals surface area contributed by atoms with Crippen LogP contribution < -0.4 is 5.32 Å². The predicted molar refractivity (Wildman–Crippen MR) is 97.6 cm³/mol. The topological polar surface area (TPSA) is 81.2 Å². The van der Waals surface area contributed by atoms with Crippen molar-refractivity contribution in [2.75, 3.05) is 0 Å². The monoisotopic (exact) mass is 369 g/mol. The van der Waals surface area contributed by atoms with Gasteiger partial charge in [-0.05, 0) is 49.4 Å². The van der Waals surface area contributed by atoms with E-state index in [0.29, 0.717) is 16.9 Å². The maximum absolute atomic E-state index is 12.6. The third-order valence-corrected chi connectivity index (χ3v) is 5.41. The molecule has 1 N–H and O–H groups in total. The van der Waals surface area contributed by atoms with Crippen molar-refractivity contribution in [3.8, 4) is 11.7 Å². The number of aromatic nitrogens is 2. The molecule has 2 atom stereocenters. The second-order valence-electron chi connectivity index (χ2n) is 6.26. The first-order valence-corrected chi connectivity index (χ1v) is 9.51. The van der Waals surface area contributed by atoms with Crippen molar-refractivity contribution >= 4 is 17.7 Å². The zero-order chi connectivity index (χ0) is 17.9. The third-order valence-electron chi connectivity index (χ3n) is 4.47. The number of thioether (sulfide) groups is 1. The van der Waals surface area contributed by atoms with Crippen molar-refractivity contribution in [1.82, 2.24) is 15.5 Å². The molecule has 1 aromatic carbocycles. The second kappa shape index (κ2) is 7.37. The smallest absolute Gasteiger partial charge is 0.284 e. The summed E-state index contributed by atoms with van der Waals surface area (Å²) < 4.78 is 10.8. The molecular formula is C19H19N3O3S. The number of hydrogen-bond acceptors (Lipinski definition) is 6. The highest BCUT2D eigenvalue weighted by atomic mass is 32.2. The molecule has 6 nitrogen and oxygen atoms in total. The molecule has 134 valence electrons. The minimum atomic E-state index is -0.339. The summed E-state index contributed by atoms with van der Waals surface area (Å²) in [5.74, 6) is 0.793. The molecule has 1 aliphatic rings. The Balaban J connectivity index is 1.40. The van der Waals surface area contributed by atoms with Crippen molar-refractivity contribution in [3.05, 3.63) is 53.8 Å². The van der Waals surface area contributed by atoms with E-state index >= 15 is 0 Å². The van der Waals surface area contributed by atoms with Crippen molar-refractivity contribution in [3.63, 3.8) is 0 Å². The van der Waals surface area contributed by atoms with Gasteiger partial charge in [0, 0.05) is 0 Å². The summed E-state index contributed by atoms with van der Waals surface area (Å²) in [5, 5.41) is 11.1. The van der Waals surface area contributed by atoms with E-state index in [1.165, 1.54) is 22.9 Å². The van der Waals surface area contributed by atoms with E-state index in [0.717, 1.165) is 19.3 Å². The van der Waals surface area contributed by atoms with Crippen LogP contribution in [0.2, 0.25) is 0 Å². The number of amides is 1. The Morgan fingerprint density at radius 3 is 3.00 bits per heavy atom. The van der Waals surface area contributed by atoms with Gasteiger partial charge >= 0.3 is 0 Å². The minimum absolute atomic E-state index is 0.0329.